The number of rotatable bonds is 5. The normalized spacial score (nSPS) is 12.4. The lowest BCUT2D eigenvalue weighted by molar-refractivity contribution is -0.142. The molecule has 0 radical (unpaired) electrons. The molecule has 1 atom stereocenters. The Hall–Kier alpha value is -2.06. The van der Waals surface area contributed by atoms with Crippen LogP contribution in [0.1, 0.15) is 25.5 Å². The van der Waals surface area contributed by atoms with Crippen LogP contribution in [-0.2, 0) is 11.0 Å². The molecular formula is C15H18ClF3N4O. The summed E-state index contributed by atoms with van der Waals surface area (Å²) < 4.78 is 39.3. The topological polar surface area (TPSA) is 72.9 Å². The van der Waals surface area contributed by atoms with E-state index in [1.807, 2.05) is 6.92 Å². The van der Waals surface area contributed by atoms with Gasteiger partial charge in [0.25, 0.3) is 0 Å². The van der Waals surface area contributed by atoms with Gasteiger partial charge in [-0.05, 0) is 43.7 Å². The van der Waals surface area contributed by atoms with E-state index < -0.39 is 11.9 Å². The molecule has 1 heterocycles. The van der Waals surface area contributed by atoms with Crippen LogP contribution in [0.5, 0.6) is 0 Å². The van der Waals surface area contributed by atoms with Crippen molar-refractivity contribution in [3.05, 3.63) is 42.2 Å². The smallest absolute Gasteiger partial charge is 0.328 e. The number of alkyl halides is 3. The van der Waals surface area contributed by atoms with Crippen molar-refractivity contribution in [1.29, 1.82) is 0 Å². The fraction of sp³-hybridized carbons (Fsp3) is 0.333. The van der Waals surface area contributed by atoms with E-state index in [1.54, 1.807) is 0 Å². The molecule has 0 aliphatic rings. The summed E-state index contributed by atoms with van der Waals surface area (Å²) in [4.78, 5) is 11.7. The number of benzene rings is 1. The first-order chi connectivity index (χ1) is 10.8. The first-order valence-electron chi connectivity index (χ1n) is 7.04. The maximum atomic E-state index is 12.8. The third kappa shape index (κ3) is 5.24. The highest BCUT2D eigenvalue weighted by Crippen LogP contribution is 2.30. The first kappa shape index (κ1) is 20.0. The van der Waals surface area contributed by atoms with Gasteiger partial charge in [0.2, 0.25) is 5.91 Å². The largest absolute Gasteiger partial charge is 0.433 e. The summed E-state index contributed by atoms with van der Waals surface area (Å²) in [5, 5.41) is 6.36. The number of hydrogen-bond acceptors (Lipinski definition) is 3. The second-order valence-electron chi connectivity index (χ2n) is 5.24. The van der Waals surface area contributed by atoms with Crippen molar-refractivity contribution in [3.8, 4) is 5.69 Å². The number of amides is 1. The molecule has 1 aromatic carbocycles. The quantitative estimate of drug-likeness (QED) is 0.856. The lowest BCUT2D eigenvalue weighted by Crippen LogP contribution is -2.19. The van der Waals surface area contributed by atoms with Crippen LogP contribution >= 0.6 is 12.4 Å². The maximum absolute atomic E-state index is 12.8. The van der Waals surface area contributed by atoms with Crippen LogP contribution in [0, 0.1) is 0 Å². The standard InChI is InChI=1S/C15H17F3N4O.ClH/c1-10(19)2-7-14(23)21-11-3-5-12(6-4-11)22-13(8-9-20-22)15(16,17)18;/h3-6,8-10H,2,7,19H2,1H3,(H,21,23);1H. The summed E-state index contributed by atoms with van der Waals surface area (Å²) in [6.45, 7) is 1.81. The van der Waals surface area contributed by atoms with Crippen molar-refractivity contribution >= 4 is 24.0 Å². The summed E-state index contributed by atoms with van der Waals surface area (Å²) in [5.74, 6) is -0.190. The number of halogens is 4. The number of nitrogens with one attached hydrogen (secondary N) is 1. The van der Waals surface area contributed by atoms with Crippen LogP contribution in [0.2, 0.25) is 0 Å². The maximum Gasteiger partial charge on any atom is 0.433 e. The fourth-order valence-electron chi connectivity index (χ4n) is 1.99. The average Bonchev–Trinajstić information content (AvgIpc) is 2.95. The van der Waals surface area contributed by atoms with Crippen molar-refractivity contribution in [2.45, 2.75) is 32.0 Å². The van der Waals surface area contributed by atoms with Gasteiger partial charge in [-0.15, -0.1) is 12.4 Å². The molecule has 1 aromatic heterocycles. The van der Waals surface area contributed by atoms with Crippen LogP contribution in [0.25, 0.3) is 5.69 Å². The van der Waals surface area contributed by atoms with Gasteiger partial charge in [0, 0.05) is 18.2 Å². The Bertz CT molecular complexity index is 668. The summed E-state index contributed by atoms with van der Waals surface area (Å²) >= 11 is 0. The van der Waals surface area contributed by atoms with E-state index in [1.165, 1.54) is 24.3 Å². The molecule has 2 rings (SSSR count). The highest BCUT2D eigenvalue weighted by molar-refractivity contribution is 5.90. The summed E-state index contributed by atoms with van der Waals surface area (Å²) in [6.07, 6.45) is -2.54. The van der Waals surface area contributed by atoms with Crippen molar-refractivity contribution in [3.63, 3.8) is 0 Å². The van der Waals surface area contributed by atoms with Crippen molar-refractivity contribution < 1.29 is 18.0 Å². The molecule has 0 bridgehead atoms. The van der Waals surface area contributed by atoms with E-state index in [-0.39, 0.29) is 36.5 Å². The van der Waals surface area contributed by atoms with Gasteiger partial charge in [-0.2, -0.15) is 18.3 Å². The van der Waals surface area contributed by atoms with Gasteiger partial charge in [0.15, 0.2) is 0 Å². The van der Waals surface area contributed by atoms with E-state index in [4.69, 9.17) is 5.73 Å². The van der Waals surface area contributed by atoms with E-state index in [0.29, 0.717) is 12.1 Å². The molecule has 0 saturated carbocycles. The molecule has 2 aromatic rings. The molecule has 1 unspecified atom stereocenters. The third-order valence-corrected chi connectivity index (χ3v) is 3.16. The molecule has 24 heavy (non-hydrogen) atoms. The number of nitrogens with zero attached hydrogens (tertiary/aromatic N) is 2. The molecular weight excluding hydrogens is 345 g/mol. The zero-order valence-electron chi connectivity index (χ0n) is 12.9. The minimum absolute atomic E-state index is 0. The van der Waals surface area contributed by atoms with Gasteiger partial charge >= 0.3 is 6.18 Å². The number of hydrogen-bond donors (Lipinski definition) is 2. The summed E-state index contributed by atoms with van der Waals surface area (Å²) in [6, 6.07) is 6.82. The zero-order valence-corrected chi connectivity index (χ0v) is 13.7. The molecule has 0 fully saturated rings. The third-order valence-electron chi connectivity index (χ3n) is 3.16. The molecule has 0 saturated heterocycles. The predicted molar refractivity (Wildman–Crippen MR) is 87.3 cm³/mol. The van der Waals surface area contributed by atoms with Crippen LogP contribution in [0.15, 0.2) is 36.5 Å². The molecule has 0 aliphatic heterocycles. The van der Waals surface area contributed by atoms with Gasteiger partial charge < -0.3 is 11.1 Å². The second-order valence-corrected chi connectivity index (χ2v) is 5.24. The Balaban J connectivity index is 0.00000288. The van der Waals surface area contributed by atoms with Gasteiger partial charge in [-0.1, -0.05) is 0 Å². The minimum Gasteiger partial charge on any atom is -0.328 e. The predicted octanol–water partition coefficient (Wildman–Crippen LogP) is 3.38. The van der Waals surface area contributed by atoms with Gasteiger partial charge in [-0.3, -0.25) is 4.79 Å². The number of aromatic nitrogens is 2. The Morgan fingerprint density at radius 3 is 2.46 bits per heavy atom. The number of nitrogens with two attached hydrogens (primary N) is 1. The van der Waals surface area contributed by atoms with Crippen LogP contribution in [0.4, 0.5) is 18.9 Å². The lowest BCUT2D eigenvalue weighted by Gasteiger charge is -2.11. The fourth-order valence-corrected chi connectivity index (χ4v) is 1.99. The molecule has 1 amide bonds. The van der Waals surface area contributed by atoms with Crippen LogP contribution in [-0.4, -0.2) is 21.7 Å². The van der Waals surface area contributed by atoms with E-state index in [2.05, 4.69) is 10.4 Å². The van der Waals surface area contributed by atoms with Gasteiger partial charge in [-0.25, -0.2) is 4.68 Å². The summed E-state index contributed by atoms with van der Waals surface area (Å²) in [7, 11) is 0. The SMILES string of the molecule is CC(N)CCC(=O)Nc1ccc(-n2nccc2C(F)(F)F)cc1.Cl. The van der Waals surface area contributed by atoms with Crippen molar-refractivity contribution in [2.75, 3.05) is 5.32 Å². The molecule has 132 valence electrons. The monoisotopic (exact) mass is 362 g/mol. The molecule has 5 nitrogen and oxygen atoms in total. The zero-order chi connectivity index (χ0) is 17.0. The molecule has 0 aliphatic carbocycles. The van der Waals surface area contributed by atoms with Gasteiger partial charge in [0.05, 0.1) is 11.9 Å². The van der Waals surface area contributed by atoms with E-state index in [0.717, 1.165) is 16.9 Å². The Morgan fingerprint density at radius 1 is 1.29 bits per heavy atom. The van der Waals surface area contributed by atoms with Crippen molar-refractivity contribution in [1.82, 2.24) is 9.78 Å². The minimum atomic E-state index is -4.48. The highest BCUT2D eigenvalue weighted by Gasteiger charge is 2.35. The molecule has 9 heteroatoms. The Labute approximate surface area is 143 Å². The van der Waals surface area contributed by atoms with E-state index in [9.17, 15) is 18.0 Å². The van der Waals surface area contributed by atoms with Crippen LogP contribution in [0.3, 0.4) is 0 Å². The highest BCUT2D eigenvalue weighted by atomic mass is 35.5. The van der Waals surface area contributed by atoms with Crippen LogP contribution < -0.4 is 11.1 Å². The first-order valence-corrected chi connectivity index (χ1v) is 7.04. The Morgan fingerprint density at radius 2 is 1.92 bits per heavy atom. The molecule has 3 N–H and O–H groups in total. The summed E-state index contributed by atoms with van der Waals surface area (Å²) in [5.41, 5.74) is 5.48. The van der Waals surface area contributed by atoms with Gasteiger partial charge in [0.1, 0.15) is 5.69 Å². The average molecular weight is 363 g/mol. The Kier molecular flexibility index (Phi) is 6.80. The second kappa shape index (κ2) is 8.16. The number of anilines is 1. The van der Waals surface area contributed by atoms with E-state index >= 15 is 0 Å². The number of carbonyl (C=O) groups excluding carboxylic acids is 1. The number of carbonyl (C=O) groups is 1. The van der Waals surface area contributed by atoms with Crippen molar-refractivity contribution in [2.24, 2.45) is 5.73 Å². The molecule has 0 spiro atoms. The lowest BCUT2D eigenvalue weighted by atomic mass is 10.2.